The lowest BCUT2D eigenvalue weighted by atomic mass is 10.0. The summed E-state index contributed by atoms with van der Waals surface area (Å²) in [4.78, 5) is 0. The van der Waals surface area contributed by atoms with Crippen molar-refractivity contribution in [1.29, 1.82) is 0 Å². The summed E-state index contributed by atoms with van der Waals surface area (Å²) in [5, 5.41) is 0. The Hall–Kier alpha value is -0.230. The molecule has 0 unspecified atom stereocenters. The molecule has 0 aromatic rings. The van der Waals surface area contributed by atoms with Crippen molar-refractivity contribution in [2.45, 2.75) is 90.4 Å². The maximum Gasteiger partial charge on any atom is 0.0701 e. The predicted octanol–water partition coefficient (Wildman–Crippen LogP) is 6.53. The van der Waals surface area contributed by atoms with Crippen molar-refractivity contribution in [2.75, 3.05) is 178 Å². The number of alkyl halides is 1. The number of hydrogen-bond donors (Lipinski definition) is 0. The fourth-order valence-corrected chi connectivity index (χ4v) is 5.13. The summed E-state index contributed by atoms with van der Waals surface area (Å²) in [6.45, 7) is 16.5. The van der Waals surface area contributed by atoms with Gasteiger partial charge in [-0.15, -0.1) is 11.6 Å². The van der Waals surface area contributed by atoms with Crippen molar-refractivity contribution in [1.82, 2.24) is 0 Å². The molecule has 0 radical (unpaired) electrons. The minimum atomic E-state index is 0.498. The number of rotatable bonds is 52. The molecule has 0 aromatic heterocycles. The molecular formula is C41H83ClO13. The largest absolute Gasteiger partial charge is 0.379 e. The molecular weight excluding hydrogens is 736 g/mol. The van der Waals surface area contributed by atoms with Crippen LogP contribution in [-0.2, 0) is 61.6 Å². The van der Waals surface area contributed by atoms with Crippen LogP contribution >= 0.6 is 11.6 Å². The second-order valence-corrected chi connectivity index (χ2v) is 13.3. The van der Waals surface area contributed by atoms with Gasteiger partial charge in [-0.1, -0.05) is 84.0 Å². The van der Waals surface area contributed by atoms with E-state index in [4.69, 9.17) is 73.2 Å². The summed E-state index contributed by atoms with van der Waals surface area (Å²) in [5.41, 5.74) is 0. The Bertz CT molecular complexity index is 605. The molecule has 0 N–H and O–H groups in total. The van der Waals surface area contributed by atoms with Gasteiger partial charge in [-0.05, 0) is 6.42 Å². The summed E-state index contributed by atoms with van der Waals surface area (Å²) >= 11 is 5.52. The van der Waals surface area contributed by atoms with Crippen LogP contribution in [0.15, 0.2) is 0 Å². The molecule has 0 spiro atoms. The maximum atomic E-state index is 5.68. The first-order valence-corrected chi connectivity index (χ1v) is 22.0. The number of halogens is 1. The third kappa shape index (κ3) is 53.8. The van der Waals surface area contributed by atoms with Gasteiger partial charge in [0.2, 0.25) is 0 Å². The Balaban J connectivity index is 3.05. The molecule has 14 heteroatoms. The van der Waals surface area contributed by atoms with Crippen LogP contribution in [0, 0.1) is 0 Å². The van der Waals surface area contributed by atoms with Crippen LogP contribution in [-0.4, -0.2) is 178 Å². The van der Waals surface area contributed by atoms with Gasteiger partial charge in [0.1, 0.15) is 0 Å². The van der Waals surface area contributed by atoms with E-state index in [9.17, 15) is 0 Å². The Labute approximate surface area is 340 Å². The fraction of sp³-hybridized carbons (Fsp3) is 1.00. The van der Waals surface area contributed by atoms with Gasteiger partial charge < -0.3 is 61.6 Å². The Morgan fingerprint density at radius 2 is 0.364 bits per heavy atom. The first-order chi connectivity index (χ1) is 27.4. The highest BCUT2D eigenvalue weighted by molar-refractivity contribution is 6.17. The quantitative estimate of drug-likeness (QED) is 0.0489. The lowest BCUT2D eigenvalue weighted by Gasteiger charge is -2.09. The lowest BCUT2D eigenvalue weighted by Crippen LogP contribution is -2.15. The normalized spacial score (nSPS) is 11.7. The van der Waals surface area contributed by atoms with E-state index >= 15 is 0 Å². The van der Waals surface area contributed by atoms with E-state index in [0.29, 0.717) is 171 Å². The van der Waals surface area contributed by atoms with Crippen molar-refractivity contribution in [3.05, 3.63) is 0 Å². The van der Waals surface area contributed by atoms with Gasteiger partial charge in [0, 0.05) is 12.5 Å². The number of hydrogen-bond acceptors (Lipinski definition) is 13. The Kier molecular flexibility index (Phi) is 53.5. The molecule has 0 amide bonds. The van der Waals surface area contributed by atoms with Gasteiger partial charge in [-0.3, -0.25) is 0 Å². The molecule has 0 aromatic carbocycles. The zero-order valence-corrected chi connectivity index (χ0v) is 35.7. The first-order valence-electron chi connectivity index (χ1n) is 21.5. The van der Waals surface area contributed by atoms with Crippen LogP contribution in [0.4, 0.5) is 0 Å². The topological polar surface area (TPSA) is 120 Å². The molecule has 0 atom stereocenters. The van der Waals surface area contributed by atoms with Gasteiger partial charge in [0.15, 0.2) is 0 Å². The summed E-state index contributed by atoms with van der Waals surface area (Å²) < 4.78 is 71.3. The minimum absolute atomic E-state index is 0.498. The molecule has 13 nitrogen and oxygen atoms in total. The van der Waals surface area contributed by atoms with Crippen LogP contribution < -0.4 is 0 Å². The third-order valence-corrected chi connectivity index (χ3v) is 8.23. The third-order valence-electron chi connectivity index (χ3n) is 8.08. The molecule has 0 aliphatic heterocycles. The highest BCUT2D eigenvalue weighted by Crippen LogP contribution is 2.12. The van der Waals surface area contributed by atoms with E-state index in [2.05, 4.69) is 6.92 Å². The van der Waals surface area contributed by atoms with Gasteiger partial charge in [-0.2, -0.15) is 0 Å². The maximum absolute atomic E-state index is 5.68. The SMILES string of the molecule is CCCCCCCCCCCCCCCOCCOCCOCCOCCOCCOCCOCCOCCOCCOCCOCCOCCOCCCl. The second-order valence-electron chi connectivity index (χ2n) is 12.9. The van der Waals surface area contributed by atoms with E-state index in [0.717, 1.165) is 13.0 Å². The van der Waals surface area contributed by atoms with Gasteiger partial charge in [0.25, 0.3) is 0 Å². The minimum Gasteiger partial charge on any atom is -0.379 e. The van der Waals surface area contributed by atoms with E-state index in [1.54, 1.807) is 0 Å². The van der Waals surface area contributed by atoms with E-state index < -0.39 is 0 Å². The van der Waals surface area contributed by atoms with Crippen LogP contribution in [0.1, 0.15) is 90.4 Å². The molecule has 0 saturated heterocycles. The van der Waals surface area contributed by atoms with Crippen molar-refractivity contribution >= 4 is 11.6 Å². The van der Waals surface area contributed by atoms with Crippen LogP contribution in [0.25, 0.3) is 0 Å². The van der Waals surface area contributed by atoms with Gasteiger partial charge in [-0.25, -0.2) is 0 Å². The van der Waals surface area contributed by atoms with Gasteiger partial charge >= 0.3 is 0 Å². The summed E-state index contributed by atoms with van der Waals surface area (Å²) in [6, 6.07) is 0. The summed E-state index contributed by atoms with van der Waals surface area (Å²) in [6.07, 6.45) is 17.8. The average Bonchev–Trinajstić information content (AvgIpc) is 3.20. The standard InChI is InChI=1S/C41H83ClO13/c1-2-3-4-5-6-7-8-9-10-11-12-13-14-16-43-18-20-45-22-24-47-26-28-49-30-32-51-34-36-53-38-40-55-41-39-54-37-35-52-33-31-50-29-27-48-25-23-46-21-19-44-17-15-42/h2-41H2,1H3. The average molecular weight is 820 g/mol. The smallest absolute Gasteiger partial charge is 0.0701 e. The van der Waals surface area contributed by atoms with E-state index in [1.807, 2.05) is 0 Å². The highest BCUT2D eigenvalue weighted by atomic mass is 35.5. The van der Waals surface area contributed by atoms with Gasteiger partial charge in [0.05, 0.1) is 165 Å². The molecule has 0 aliphatic rings. The highest BCUT2D eigenvalue weighted by Gasteiger charge is 1.98. The number of ether oxygens (including phenoxy) is 13. The Morgan fingerprint density at radius 1 is 0.200 bits per heavy atom. The van der Waals surface area contributed by atoms with E-state index in [1.165, 1.54) is 77.0 Å². The van der Waals surface area contributed by atoms with E-state index in [-0.39, 0.29) is 0 Å². The van der Waals surface area contributed by atoms with Crippen LogP contribution in [0.3, 0.4) is 0 Å². The predicted molar refractivity (Wildman–Crippen MR) is 217 cm³/mol. The fourth-order valence-electron chi connectivity index (χ4n) is 5.02. The van der Waals surface area contributed by atoms with Crippen LogP contribution in [0.5, 0.6) is 0 Å². The molecule has 0 rings (SSSR count). The first kappa shape index (κ1) is 54.8. The monoisotopic (exact) mass is 819 g/mol. The summed E-state index contributed by atoms with van der Waals surface area (Å²) in [7, 11) is 0. The molecule has 55 heavy (non-hydrogen) atoms. The molecule has 0 saturated carbocycles. The van der Waals surface area contributed by atoms with Crippen molar-refractivity contribution in [3.63, 3.8) is 0 Å². The molecule has 0 aliphatic carbocycles. The van der Waals surface area contributed by atoms with Crippen molar-refractivity contribution < 1.29 is 61.6 Å². The second kappa shape index (κ2) is 53.8. The molecule has 332 valence electrons. The zero-order valence-electron chi connectivity index (χ0n) is 35.0. The molecule has 0 fully saturated rings. The van der Waals surface area contributed by atoms with Crippen LogP contribution in [0.2, 0.25) is 0 Å². The number of unbranched alkanes of at least 4 members (excludes halogenated alkanes) is 12. The zero-order chi connectivity index (χ0) is 39.5. The summed E-state index contributed by atoms with van der Waals surface area (Å²) in [5.74, 6) is 0.498. The molecule has 0 heterocycles. The van der Waals surface area contributed by atoms with Crippen molar-refractivity contribution in [2.24, 2.45) is 0 Å². The van der Waals surface area contributed by atoms with Crippen molar-refractivity contribution in [3.8, 4) is 0 Å². The Morgan fingerprint density at radius 3 is 0.564 bits per heavy atom. The molecule has 0 bridgehead atoms. The lowest BCUT2D eigenvalue weighted by molar-refractivity contribution is -0.0289.